The van der Waals surface area contributed by atoms with E-state index < -0.39 is 10.0 Å². The van der Waals surface area contributed by atoms with Crippen LogP contribution in [-0.2, 0) is 33.2 Å². The lowest BCUT2D eigenvalue weighted by molar-refractivity contribution is -0.147. The van der Waals surface area contributed by atoms with Gasteiger partial charge in [0.2, 0.25) is 21.8 Å². The third kappa shape index (κ3) is 4.22. The van der Waals surface area contributed by atoms with Crippen LogP contribution in [0, 0.1) is 0 Å². The van der Waals surface area contributed by atoms with Gasteiger partial charge < -0.3 is 0 Å². The highest BCUT2D eigenvalue weighted by Gasteiger charge is 2.27. The molecule has 0 saturated carbocycles. The summed E-state index contributed by atoms with van der Waals surface area (Å²) in [7, 11) is -2.24. The van der Waals surface area contributed by atoms with Crippen LogP contribution < -0.4 is 10.3 Å². The number of aryl methyl sites for hydroxylation is 1. The van der Waals surface area contributed by atoms with Gasteiger partial charge in [0.05, 0.1) is 23.4 Å². The zero-order chi connectivity index (χ0) is 19.6. The predicted octanol–water partition coefficient (Wildman–Crippen LogP) is -0.108. The van der Waals surface area contributed by atoms with E-state index in [2.05, 4.69) is 9.82 Å². The fraction of sp³-hybridized carbons (Fsp3) is 0.412. The molecule has 1 aliphatic rings. The summed E-state index contributed by atoms with van der Waals surface area (Å²) in [6, 6.07) is 6.84. The number of hydrogen-bond donors (Lipinski definition) is 1. The molecule has 1 aliphatic heterocycles. The molecule has 2 heterocycles. The third-order valence-electron chi connectivity index (χ3n) is 4.46. The predicted molar refractivity (Wildman–Crippen MR) is 98.2 cm³/mol. The summed E-state index contributed by atoms with van der Waals surface area (Å²) in [6.45, 7) is -0.271. The van der Waals surface area contributed by atoms with E-state index in [1.807, 2.05) is 0 Å². The monoisotopic (exact) mass is 392 g/mol. The van der Waals surface area contributed by atoms with Crippen molar-refractivity contribution in [3.8, 4) is 0 Å². The first-order chi connectivity index (χ1) is 12.8. The van der Waals surface area contributed by atoms with Gasteiger partial charge in [-0.05, 0) is 12.5 Å². The summed E-state index contributed by atoms with van der Waals surface area (Å²) in [5.74, 6) is -1.06. The van der Waals surface area contributed by atoms with Crippen LogP contribution in [0.5, 0.6) is 0 Å². The number of likely N-dealkylation sites (tertiary alicyclic amines) is 1. The lowest BCUT2D eigenvalue weighted by Crippen LogP contribution is -2.44. The number of hydrogen-bond acceptors (Lipinski definition) is 6. The molecule has 0 unspecified atom stereocenters. The van der Waals surface area contributed by atoms with Gasteiger partial charge >= 0.3 is 0 Å². The number of piperidine rings is 1. The van der Waals surface area contributed by atoms with Crippen molar-refractivity contribution in [1.29, 1.82) is 0 Å². The number of carbonyl (C=O) groups is 2. The number of benzene rings is 1. The van der Waals surface area contributed by atoms with Gasteiger partial charge in [0.25, 0.3) is 5.56 Å². The van der Waals surface area contributed by atoms with Crippen LogP contribution in [0.1, 0.15) is 25.0 Å². The smallest absolute Gasteiger partial charge is 0.274 e. The zero-order valence-corrected chi connectivity index (χ0v) is 15.7. The number of imide groups is 1. The van der Waals surface area contributed by atoms with Crippen LogP contribution in [0.15, 0.2) is 29.1 Å². The second kappa shape index (κ2) is 7.57. The minimum atomic E-state index is -3.74. The molecule has 0 bridgehead atoms. The van der Waals surface area contributed by atoms with Gasteiger partial charge in [0.1, 0.15) is 0 Å². The maximum Gasteiger partial charge on any atom is 0.274 e. The quantitative estimate of drug-likeness (QED) is 0.686. The molecule has 1 N–H and O–H groups in total. The van der Waals surface area contributed by atoms with E-state index in [0.29, 0.717) is 22.9 Å². The minimum Gasteiger partial charge on any atom is -0.282 e. The third-order valence-corrected chi connectivity index (χ3v) is 5.76. The van der Waals surface area contributed by atoms with E-state index in [1.54, 1.807) is 24.3 Å². The molecular formula is C17H20N4O5S. The van der Waals surface area contributed by atoms with E-state index in [0.717, 1.165) is 9.58 Å². The minimum absolute atomic E-state index is 0.0984. The molecule has 0 atom stereocenters. The Bertz CT molecular complexity index is 1040. The number of nitrogens with one attached hydrogen (secondary N) is 1. The summed E-state index contributed by atoms with van der Waals surface area (Å²) in [4.78, 5) is 36.6. The van der Waals surface area contributed by atoms with Crippen molar-refractivity contribution in [3.63, 3.8) is 0 Å². The molecule has 1 aromatic heterocycles. The van der Waals surface area contributed by atoms with E-state index in [9.17, 15) is 22.8 Å². The fourth-order valence-corrected chi connectivity index (χ4v) is 3.94. The molecule has 3 rings (SSSR count). The Morgan fingerprint density at radius 1 is 1.07 bits per heavy atom. The van der Waals surface area contributed by atoms with Gasteiger partial charge in [0.15, 0.2) is 0 Å². The van der Waals surface area contributed by atoms with Gasteiger partial charge in [-0.2, -0.15) is 5.10 Å². The van der Waals surface area contributed by atoms with Crippen molar-refractivity contribution in [3.05, 3.63) is 40.3 Å². The molecule has 0 spiro atoms. The molecule has 2 aromatic rings. The van der Waals surface area contributed by atoms with Gasteiger partial charge in [0, 0.05) is 31.8 Å². The number of amides is 2. The molecule has 144 valence electrons. The largest absolute Gasteiger partial charge is 0.282 e. The number of sulfonamides is 1. The van der Waals surface area contributed by atoms with Crippen molar-refractivity contribution in [2.24, 2.45) is 7.05 Å². The van der Waals surface area contributed by atoms with Gasteiger partial charge in [-0.15, -0.1) is 0 Å². The van der Waals surface area contributed by atoms with E-state index in [-0.39, 0.29) is 49.1 Å². The Labute approximate surface area is 156 Å². The molecule has 9 nitrogen and oxygen atoms in total. The first kappa shape index (κ1) is 19.2. The molecule has 27 heavy (non-hydrogen) atoms. The number of fused-ring (bicyclic) bond motifs is 1. The highest BCUT2D eigenvalue weighted by Crippen LogP contribution is 2.14. The molecule has 0 aliphatic carbocycles. The van der Waals surface area contributed by atoms with Crippen molar-refractivity contribution in [2.75, 3.05) is 12.3 Å². The summed E-state index contributed by atoms with van der Waals surface area (Å²) >= 11 is 0. The van der Waals surface area contributed by atoms with Gasteiger partial charge in [-0.3, -0.25) is 19.3 Å². The van der Waals surface area contributed by atoms with Crippen LogP contribution in [0.2, 0.25) is 0 Å². The Kier molecular flexibility index (Phi) is 5.38. The van der Waals surface area contributed by atoms with Crippen molar-refractivity contribution in [1.82, 2.24) is 19.4 Å². The van der Waals surface area contributed by atoms with Crippen LogP contribution in [-0.4, -0.2) is 47.2 Å². The van der Waals surface area contributed by atoms with E-state index in [1.165, 1.54) is 7.05 Å². The average Bonchev–Trinajstić information content (AvgIpc) is 2.63. The number of nitrogens with zero attached hydrogens (tertiary/aromatic N) is 3. The first-order valence-corrected chi connectivity index (χ1v) is 10.2. The van der Waals surface area contributed by atoms with Gasteiger partial charge in [-0.1, -0.05) is 18.2 Å². The Balaban J connectivity index is 1.72. The van der Waals surface area contributed by atoms with Crippen molar-refractivity contribution in [2.45, 2.75) is 25.8 Å². The maximum atomic E-state index is 12.3. The van der Waals surface area contributed by atoms with Crippen molar-refractivity contribution < 1.29 is 18.0 Å². The highest BCUT2D eigenvalue weighted by atomic mass is 32.2. The van der Waals surface area contributed by atoms with Gasteiger partial charge in [-0.25, -0.2) is 17.8 Å². The number of carbonyl (C=O) groups excluding carboxylic acids is 2. The Morgan fingerprint density at radius 2 is 1.70 bits per heavy atom. The first-order valence-electron chi connectivity index (χ1n) is 8.54. The zero-order valence-electron chi connectivity index (χ0n) is 14.8. The molecule has 0 radical (unpaired) electrons. The maximum absolute atomic E-state index is 12.3. The number of rotatable bonds is 6. The second-order valence-electron chi connectivity index (χ2n) is 6.35. The van der Waals surface area contributed by atoms with E-state index in [4.69, 9.17) is 0 Å². The van der Waals surface area contributed by atoms with Crippen LogP contribution in [0.4, 0.5) is 0 Å². The molecule has 2 amide bonds. The standard InChI is InChI=1S/C17H20N4O5S/c1-20-17(24)13-6-3-2-5-12(13)14(19-20)11-18-27(25,26)10-9-21-15(22)7-4-8-16(21)23/h2-3,5-6,18H,4,7-11H2,1H3. The molecule has 1 aromatic carbocycles. The average molecular weight is 392 g/mol. The number of aromatic nitrogens is 2. The summed E-state index contributed by atoms with van der Waals surface area (Å²) < 4.78 is 28.2. The lowest BCUT2D eigenvalue weighted by Gasteiger charge is -2.24. The summed E-state index contributed by atoms with van der Waals surface area (Å²) in [5, 5.41) is 5.16. The lowest BCUT2D eigenvalue weighted by atomic mass is 10.1. The van der Waals surface area contributed by atoms with Crippen LogP contribution in [0.3, 0.4) is 0 Å². The fourth-order valence-electron chi connectivity index (χ4n) is 3.02. The normalized spacial score (nSPS) is 15.5. The molecule has 1 saturated heterocycles. The van der Waals surface area contributed by atoms with Crippen LogP contribution >= 0.6 is 0 Å². The van der Waals surface area contributed by atoms with Crippen molar-refractivity contribution >= 4 is 32.6 Å². The second-order valence-corrected chi connectivity index (χ2v) is 8.28. The molecular weight excluding hydrogens is 372 g/mol. The van der Waals surface area contributed by atoms with Crippen LogP contribution in [0.25, 0.3) is 10.8 Å². The summed E-state index contributed by atoms with van der Waals surface area (Å²) in [6.07, 6.45) is 1.02. The molecule has 10 heteroatoms. The highest BCUT2D eigenvalue weighted by molar-refractivity contribution is 7.89. The summed E-state index contributed by atoms with van der Waals surface area (Å²) in [5.41, 5.74) is 0.153. The van der Waals surface area contributed by atoms with E-state index >= 15 is 0 Å². The topological polar surface area (TPSA) is 118 Å². The Morgan fingerprint density at radius 3 is 2.37 bits per heavy atom. The Hall–Kier alpha value is -2.59. The molecule has 1 fully saturated rings. The SMILES string of the molecule is Cn1nc(CNS(=O)(=O)CCN2C(=O)CCCC2=O)c2ccccc2c1=O.